The molecule has 2 heteroatoms. The molecule has 0 aliphatic heterocycles. The van der Waals surface area contributed by atoms with Crippen LogP contribution in [0.25, 0.3) is 0 Å². The highest BCUT2D eigenvalue weighted by Gasteiger charge is 2.07. The number of halogens is 1. The van der Waals surface area contributed by atoms with E-state index in [0.717, 1.165) is 6.42 Å². The molecule has 0 amide bonds. The molecule has 13 heavy (non-hydrogen) atoms. The summed E-state index contributed by atoms with van der Waals surface area (Å²) in [6.45, 7) is 4.40. The van der Waals surface area contributed by atoms with Crippen molar-refractivity contribution in [2.24, 2.45) is 11.7 Å². The molecule has 1 nitrogen and oxygen atoms in total. The van der Waals surface area contributed by atoms with E-state index in [4.69, 9.17) is 5.73 Å². The van der Waals surface area contributed by atoms with E-state index in [0.29, 0.717) is 5.92 Å². The summed E-state index contributed by atoms with van der Waals surface area (Å²) in [5.74, 6) is 0.660. The zero-order valence-corrected chi connectivity index (χ0v) is 10.3. The molecule has 1 aromatic carbocycles. The maximum atomic E-state index is 6.06. The third kappa shape index (κ3) is 3.65. The van der Waals surface area contributed by atoms with Crippen LogP contribution in [-0.2, 0) is 0 Å². The molecular formula is C11H16IN. The molecule has 72 valence electrons. The quantitative estimate of drug-likeness (QED) is 0.849. The zero-order valence-electron chi connectivity index (χ0n) is 8.13. The Balaban J connectivity index is 2.71. The molecule has 0 heterocycles. The molecule has 0 fully saturated rings. The van der Waals surface area contributed by atoms with Gasteiger partial charge in [-0.05, 0) is 52.6 Å². The van der Waals surface area contributed by atoms with E-state index in [1.807, 2.05) is 0 Å². The fourth-order valence-corrected chi connectivity index (χ4v) is 1.95. The van der Waals surface area contributed by atoms with Crippen molar-refractivity contribution in [2.75, 3.05) is 0 Å². The van der Waals surface area contributed by atoms with Crippen molar-refractivity contribution in [1.82, 2.24) is 0 Å². The van der Waals surface area contributed by atoms with E-state index < -0.39 is 0 Å². The summed E-state index contributed by atoms with van der Waals surface area (Å²) in [6.07, 6.45) is 1.06. The van der Waals surface area contributed by atoms with Crippen LogP contribution in [0.2, 0.25) is 0 Å². The maximum Gasteiger partial charge on any atom is 0.0297 e. The predicted molar refractivity (Wildman–Crippen MR) is 65.5 cm³/mol. The van der Waals surface area contributed by atoms with Crippen LogP contribution in [0.4, 0.5) is 0 Å². The molecule has 0 bridgehead atoms. The van der Waals surface area contributed by atoms with E-state index in [2.05, 4.69) is 60.7 Å². The van der Waals surface area contributed by atoms with Crippen molar-refractivity contribution >= 4 is 22.6 Å². The fourth-order valence-electron chi connectivity index (χ4n) is 1.38. The predicted octanol–water partition coefficient (Wildman–Crippen LogP) is 3.34. The van der Waals surface area contributed by atoms with Crippen LogP contribution in [0.15, 0.2) is 24.3 Å². The first-order valence-electron chi connectivity index (χ1n) is 4.60. The van der Waals surface area contributed by atoms with Crippen molar-refractivity contribution in [2.45, 2.75) is 26.3 Å². The Kier molecular flexibility index (Phi) is 4.19. The zero-order chi connectivity index (χ0) is 9.84. The van der Waals surface area contributed by atoms with Gasteiger partial charge in [-0.3, -0.25) is 0 Å². The van der Waals surface area contributed by atoms with Gasteiger partial charge in [-0.1, -0.05) is 26.0 Å². The summed E-state index contributed by atoms with van der Waals surface area (Å²) >= 11 is 2.32. The van der Waals surface area contributed by atoms with E-state index >= 15 is 0 Å². The highest BCUT2D eigenvalue weighted by atomic mass is 127. The SMILES string of the molecule is CC(C)C[C@H](N)c1cccc(I)c1. The van der Waals surface area contributed by atoms with Crippen LogP contribution in [0.1, 0.15) is 31.9 Å². The first-order chi connectivity index (χ1) is 6.09. The van der Waals surface area contributed by atoms with Crippen LogP contribution < -0.4 is 5.73 Å². The van der Waals surface area contributed by atoms with Crippen LogP contribution in [-0.4, -0.2) is 0 Å². The summed E-state index contributed by atoms with van der Waals surface area (Å²) in [7, 11) is 0. The summed E-state index contributed by atoms with van der Waals surface area (Å²) in [5, 5.41) is 0. The number of hydrogen-bond donors (Lipinski definition) is 1. The number of rotatable bonds is 3. The molecule has 0 spiro atoms. The Morgan fingerprint density at radius 2 is 2.08 bits per heavy atom. The van der Waals surface area contributed by atoms with Gasteiger partial charge in [-0.25, -0.2) is 0 Å². The van der Waals surface area contributed by atoms with Crippen molar-refractivity contribution < 1.29 is 0 Å². The first kappa shape index (κ1) is 11.0. The average Bonchev–Trinajstić information content (AvgIpc) is 2.03. The van der Waals surface area contributed by atoms with E-state index in [-0.39, 0.29) is 6.04 Å². The van der Waals surface area contributed by atoms with Gasteiger partial charge in [0.15, 0.2) is 0 Å². The minimum absolute atomic E-state index is 0.190. The molecule has 0 unspecified atom stereocenters. The van der Waals surface area contributed by atoms with Gasteiger partial charge in [-0.2, -0.15) is 0 Å². The lowest BCUT2D eigenvalue weighted by Crippen LogP contribution is -2.12. The van der Waals surface area contributed by atoms with Crippen molar-refractivity contribution in [3.63, 3.8) is 0 Å². The van der Waals surface area contributed by atoms with Gasteiger partial charge >= 0.3 is 0 Å². The Labute approximate surface area is 93.9 Å². The van der Waals surface area contributed by atoms with Gasteiger partial charge in [0.05, 0.1) is 0 Å². The molecule has 2 N–H and O–H groups in total. The van der Waals surface area contributed by atoms with Gasteiger partial charge in [0.2, 0.25) is 0 Å². The number of hydrogen-bond acceptors (Lipinski definition) is 1. The molecule has 0 aliphatic rings. The third-order valence-electron chi connectivity index (χ3n) is 2.00. The topological polar surface area (TPSA) is 26.0 Å². The highest BCUT2D eigenvalue weighted by Crippen LogP contribution is 2.19. The summed E-state index contributed by atoms with van der Waals surface area (Å²) in [4.78, 5) is 0. The molecule has 0 aliphatic carbocycles. The monoisotopic (exact) mass is 289 g/mol. The molecule has 0 aromatic heterocycles. The maximum absolute atomic E-state index is 6.06. The molecular weight excluding hydrogens is 273 g/mol. The fraction of sp³-hybridized carbons (Fsp3) is 0.455. The lowest BCUT2D eigenvalue weighted by Gasteiger charge is -2.14. The Hall–Kier alpha value is -0.0900. The lowest BCUT2D eigenvalue weighted by atomic mass is 9.98. The van der Waals surface area contributed by atoms with E-state index in [1.54, 1.807) is 0 Å². The van der Waals surface area contributed by atoms with Crippen LogP contribution in [0.5, 0.6) is 0 Å². The Morgan fingerprint density at radius 1 is 1.38 bits per heavy atom. The van der Waals surface area contributed by atoms with Crippen LogP contribution >= 0.6 is 22.6 Å². The number of nitrogens with two attached hydrogens (primary N) is 1. The minimum Gasteiger partial charge on any atom is -0.324 e. The highest BCUT2D eigenvalue weighted by molar-refractivity contribution is 14.1. The molecule has 0 saturated carbocycles. The Morgan fingerprint density at radius 3 is 2.62 bits per heavy atom. The second-order valence-corrected chi connectivity index (χ2v) is 5.04. The van der Waals surface area contributed by atoms with Crippen LogP contribution in [0, 0.1) is 9.49 Å². The average molecular weight is 289 g/mol. The third-order valence-corrected chi connectivity index (χ3v) is 2.67. The van der Waals surface area contributed by atoms with E-state index in [9.17, 15) is 0 Å². The summed E-state index contributed by atoms with van der Waals surface area (Å²) in [6, 6.07) is 8.61. The van der Waals surface area contributed by atoms with Crippen LogP contribution in [0.3, 0.4) is 0 Å². The van der Waals surface area contributed by atoms with Gasteiger partial charge in [0, 0.05) is 9.61 Å². The number of benzene rings is 1. The van der Waals surface area contributed by atoms with Crippen molar-refractivity contribution in [1.29, 1.82) is 0 Å². The standard InChI is InChI=1S/C11H16IN/c1-8(2)6-11(13)9-4-3-5-10(12)7-9/h3-5,7-8,11H,6,13H2,1-2H3/t11-/m0/s1. The van der Waals surface area contributed by atoms with Gasteiger partial charge in [-0.15, -0.1) is 0 Å². The summed E-state index contributed by atoms with van der Waals surface area (Å²) < 4.78 is 1.26. The molecule has 1 aromatic rings. The normalized spacial score (nSPS) is 13.3. The second-order valence-electron chi connectivity index (χ2n) is 3.79. The van der Waals surface area contributed by atoms with E-state index in [1.165, 1.54) is 9.13 Å². The smallest absolute Gasteiger partial charge is 0.0297 e. The van der Waals surface area contributed by atoms with Crippen molar-refractivity contribution in [3.8, 4) is 0 Å². The minimum atomic E-state index is 0.190. The molecule has 1 atom stereocenters. The molecule has 1 rings (SSSR count). The Bertz CT molecular complexity index is 271. The molecule has 0 saturated heterocycles. The van der Waals surface area contributed by atoms with Crippen molar-refractivity contribution in [3.05, 3.63) is 33.4 Å². The second kappa shape index (κ2) is 4.96. The van der Waals surface area contributed by atoms with Gasteiger partial charge < -0.3 is 5.73 Å². The van der Waals surface area contributed by atoms with Gasteiger partial charge in [0.25, 0.3) is 0 Å². The van der Waals surface area contributed by atoms with Gasteiger partial charge in [0.1, 0.15) is 0 Å². The first-order valence-corrected chi connectivity index (χ1v) is 5.68. The molecule has 0 radical (unpaired) electrons. The summed E-state index contributed by atoms with van der Waals surface area (Å²) in [5.41, 5.74) is 7.31. The lowest BCUT2D eigenvalue weighted by molar-refractivity contribution is 0.510. The largest absolute Gasteiger partial charge is 0.324 e.